The Bertz CT molecular complexity index is 967. The lowest BCUT2D eigenvalue weighted by molar-refractivity contribution is 0.0950. The molecule has 2 N–H and O–H groups in total. The second-order valence-corrected chi connectivity index (χ2v) is 8.90. The maximum Gasteiger partial charge on any atom is 0.251 e. The molecule has 2 heterocycles. The Hall–Kier alpha value is -2.70. The van der Waals surface area contributed by atoms with Gasteiger partial charge in [-0.3, -0.25) is 4.79 Å². The zero-order valence-corrected chi connectivity index (χ0v) is 18.3. The molecule has 31 heavy (non-hydrogen) atoms. The zero-order valence-electron chi connectivity index (χ0n) is 17.5. The van der Waals surface area contributed by atoms with Gasteiger partial charge >= 0.3 is 0 Å². The Labute approximate surface area is 187 Å². The Kier molecular flexibility index (Phi) is 7.33. The number of piperidine rings is 1. The third-order valence-corrected chi connectivity index (χ3v) is 6.71. The monoisotopic (exact) mass is 437 g/mol. The number of hydrogen-bond donors (Lipinski definition) is 2. The van der Waals surface area contributed by atoms with Crippen molar-refractivity contribution < 1.29 is 9.18 Å². The Morgan fingerprint density at radius 3 is 2.52 bits per heavy atom. The molecule has 0 saturated carbocycles. The van der Waals surface area contributed by atoms with Crippen LogP contribution < -0.4 is 15.5 Å². The normalized spacial score (nSPS) is 14.5. The van der Waals surface area contributed by atoms with E-state index in [1.54, 1.807) is 18.2 Å². The average Bonchev–Trinajstić information content (AvgIpc) is 3.33. The minimum atomic E-state index is -0.303. The molecule has 0 radical (unpaired) electrons. The van der Waals surface area contributed by atoms with Crippen LogP contribution in [0.3, 0.4) is 0 Å². The maximum absolute atomic E-state index is 13.7. The highest BCUT2D eigenvalue weighted by atomic mass is 32.1. The van der Waals surface area contributed by atoms with E-state index in [1.807, 2.05) is 35.6 Å². The molecule has 0 unspecified atom stereocenters. The largest absolute Gasteiger partial charge is 0.371 e. The number of thiophene rings is 1. The van der Waals surface area contributed by atoms with Crippen molar-refractivity contribution in [3.63, 3.8) is 0 Å². The van der Waals surface area contributed by atoms with E-state index < -0.39 is 0 Å². The van der Waals surface area contributed by atoms with E-state index in [4.69, 9.17) is 0 Å². The highest BCUT2D eigenvalue weighted by Gasteiger charge is 2.19. The summed E-state index contributed by atoms with van der Waals surface area (Å²) in [5.74, 6) is -0.494. The second-order valence-electron chi connectivity index (χ2n) is 7.87. The molecule has 1 aliphatic rings. The summed E-state index contributed by atoms with van der Waals surface area (Å²) in [6.45, 7) is 3.23. The van der Waals surface area contributed by atoms with Gasteiger partial charge in [-0.1, -0.05) is 24.3 Å². The molecule has 1 amide bonds. The average molecular weight is 438 g/mol. The van der Waals surface area contributed by atoms with Gasteiger partial charge in [0.05, 0.1) is 0 Å². The van der Waals surface area contributed by atoms with Crippen LogP contribution in [-0.4, -0.2) is 31.6 Å². The fraction of sp³-hybridized carbons (Fsp3) is 0.320. The molecular formula is C25H28FN3OS. The van der Waals surface area contributed by atoms with Crippen molar-refractivity contribution in [2.45, 2.75) is 31.8 Å². The lowest BCUT2D eigenvalue weighted by atomic mass is 10.0. The summed E-state index contributed by atoms with van der Waals surface area (Å²) < 4.78 is 13.7. The van der Waals surface area contributed by atoms with Crippen LogP contribution in [0, 0.1) is 5.82 Å². The molecule has 4 rings (SSSR count). The molecule has 3 aromatic rings. The van der Waals surface area contributed by atoms with Gasteiger partial charge < -0.3 is 15.5 Å². The first-order chi connectivity index (χ1) is 15.2. The highest BCUT2D eigenvalue weighted by Crippen LogP contribution is 2.21. The lowest BCUT2D eigenvalue weighted by Crippen LogP contribution is -2.43. The van der Waals surface area contributed by atoms with E-state index in [0.29, 0.717) is 17.2 Å². The molecule has 2 aromatic carbocycles. The van der Waals surface area contributed by atoms with Crippen molar-refractivity contribution in [1.82, 2.24) is 10.6 Å². The van der Waals surface area contributed by atoms with Crippen molar-refractivity contribution in [1.29, 1.82) is 0 Å². The molecule has 0 atom stereocenters. The van der Waals surface area contributed by atoms with Crippen molar-refractivity contribution in [3.8, 4) is 0 Å². The fourth-order valence-electron chi connectivity index (χ4n) is 3.94. The van der Waals surface area contributed by atoms with Crippen molar-refractivity contribution in [3.05, 3.63) is 87.9 Å². The molecule has 162 valence electrons. The van der Waals surface area contributed by atoms with Crippen LogP contribution >= 0.6 is 11.3 Å². The molecule has 4 nitrogen and oxygen atoms in total. The summed E-state index contributed by atoms with van der Waals surface area (Å²) in [4.78, 5) is 16.2. The van der Waals surface area contributed by atoms with Crippen LogP contribution in [0.4, 0.5) is 10.1 Å². The van der Waals surface area contributed by atoms with E-state index in [9.17, 15) is 9.18 Å². The maximum atomic E-state index is 13.7. The molecular weight excluding hydrogens is 409 g/mol. The first kappa shape index (κ1) is 21.5. The van der Waals surface area contributed by atoms with Gasteiger partial charge in [-0.25, -0.2) is 4.39 Å². The van der Waals surface area contributed by atoms with Gasteiger partial charge in [0.2, 0.25) is 0 Å². The van der Waals surface area contributed by atoms with Crippen LogP contribution in [0.25, 0.3) is 0 Å². The first-order valence-corrected chi connectivity index (χ1v) is 11.7. The number of hydrogen-bond acceptors (Lipinski definition) is 4. The molecule has 0 bridgehead atoms. The summed E-state index contributed by atoms with van der Waals surface area (Å²) in [5.41, 5.74) is 2.22. The second kappa shape index (κ2) is 10.6. The SMILES string of the molecule is O=C(NCc1ccccc1F)c1ccc(N2CCC(NCCc3cccs3)CC2)cc1. The molecule has 0 aliphatic carbocycles. The Morgan fingerprint density at radius 1 is 1.03 bits per heavy atom. The topological polar surface area (TPSA) is 44.4 Å². The van der Waals surface area contributed by atoms with Gasteiger partial charge in [0.25, 0.3) is 5.91 Å². The number of nitrogens with one attached hydrogen (secondary N) is 2. The number of nitrogens with zero attached hydrogens (tertiary/aromatic N) is 1. The van der Waals surface area contributed by atoms with E-state index in [2.05, 4.69) is 33.0 Å². The molecule has 0 spiro atoms. The molecule has 6 heteroatoms. The van der Waals surface area contributed by atoms with Crippen LogP contribution in [0.15, 0.2) is 66.0 Å². The van der Waals surface area contributed by atoms with Gasteiger partial charge in [0.1, 0.15) is 5.82 Å². The van der Waals surface area contributed by atoms with Crippen LogP contribution in [0.5, 0.6) is 0 Å². The van der Waals surface area contributed by atoms with Crippen molar-refractivity contribution in [2.75, 3.05) is 24.5 Å². The Balaban J connectivity index is 1.22. The van der Waals surface area contributed by atoms with Crippen molar-refractivity contribution in [2.24, 2.45) is 0 Å². The van der Waals surface area contributed by atoms with Gasteiger partial charge in [-0.15, -0.1) is 11.3 Å². The summed E-state index contributed by atoms with van der Waals surface area (Å²) in [5, 5.41) is 8.61. The third kappa shape index (κ3) is 5.93. The smallest absolute Gasteiger partial charge is 0.251 e. The predicted octanol–water partition coefficient (Wildman–Crippen LogP) is 4.62. The number of carbonyl (C=O) groups excluding carboxylic acids is 1. The molecule has 1 aliphatic heterocycles. The lowest BCUT2D eigenvalue weighted by Gasteiger charge is -2.34. The summed E-state index contributed by atoms with van der Waals surface area (Å²) >= 11 is 1.82. The zero-order chi connectivity index (χ0) is 21.5. The van der Waals surface area contributed by atoms with Gasteiger partial charge in [0, 0.05) is 53.9 Å². The van der Waals surface area contributed by atoms with Gasteiger partial charge in [-0.2, -0.15) is 0 Å². The van der Waals surface area contributed by atoms with E-state index in [-0.39, 0.29) is 18.3 Å². The van der Waals surface area contributed by atoms with E-state index >= 15 is 0 Å². The molecule has 1 fully saturated rings. The number of halogens is 1. The standard InChI is InChI=1S/C25H28FN3OS/c26-24-6-2-1-4-20(24)18-28-25(30)19-7-9-22(10-8-19)29-15-12-21(13-16-29)27-14-11-23-5-3-17-31-23/h1-10,17,21,27H,11-16,18H2,(H,28,30). The molecule has 1 saturated heterocycles. The highest BCUT2D eigenvalue weighted by molar-refractivity contribution is 7.09. The van der Waals surface area contributed by atoms with Crippen molar-refractivity contribution >= 4 is 22.9 Å². The van der Waals surface area contributed by atoms with Crippen LogP contribution in [0.2, 0.25) is 0 Å². The number of benzene rings is 2. The predicted molar refractivity (Wildman–Crippen MR) is 125 cm³/mol. The molecule has 1 aromatic heterocycles. The minimum absolute atomic E-state index is 0.181. The minimum Gasteiger partial charge on any atom is -0.371 e. The first-order valence-electron chi connectivity index (χ1n) is 10.8. The fourth-order valence-corrected chi connectivity index (χ4v) is 4.65. The number of anilines is 1. The van der Waals surface area contributed by atoms with E-state index in [0.717, 1.165) is 44.6 Å². The van der Waals surface area contributed by atoms with Crippen LogP contribution in [0.1, 0.15) is 33.6 Å². The van der Waals surface area contributed by atoms with Gasteiger partial charge in [-0.05, 0) is 61.0 Å². The quantitative estimate of drug-likeness (QED) is 0.541. The number of carbonyl (C=O) groups is 1. The summed E-state index contributed by atoms with van der Waals surface area (Å²) in [6, 6.07) is 19.1. The summed E-state index contributed by atoms with van der Waals surface area (Å²) in [7, 11) is 0. The van der Waals surface area contributed by atoms with Gasteiger partial charge in [0.15, 0.2) is 0 Å². The number of amides is 1. The number of rotatable bonds is 8. The summed E-state index contributed by atoms with van der Waals surface area (Å²) in [6.07, 6.45) is 3.34. The Morgan fingerprint density at radius 2 is 1.81 bits per heavy atom. The third-order valence-electron chi connectivity index (χ3n) is 5.77. The van der Waals surface area contributed by atoms with E-state index in [1.165, 1.54) is 10.9 Å². The van der Waals surface area contributed by atoms with Crippen LogP contribution in [-0.2, 0) is 13.0 Å².